The summed E-state index contributed by atoms with van der Waals surface area (Å²) in [5.41, 5.74) is 6.92. The van der Waals surface area contributed by atoms with Crippen molar-refractivity contribution in [1.29, 1.82) is 0 Å². The number of rotatable bonds is 11. The minimum absolute atomic E-state index is 0.164. The minimum atomic E-state index is -1.01. The highest BCUT2D eigenvalue weighted by molar-refractivity contribution is 7.17. The van der Waals surface area contributed by atoms with E-state index in [9.17, 15) is 19.5 Å². The van der Waals surface area contributed by atoms with Gasteiger partial charge in [0.25, 0.3) is 0 Å². The molecule has 12 nitrogen and oxygen atoms in total. The van der Waals surface area contributed by atoms with Crippen LogP contribution in [-0.4, -0.2) is 78.9 Å². The van der Waals surface area contributed by atoms with Gasteiger partial charge < -0.3 is 30.4 Å². The number of H-pyrrole nitrogens is 1. The average molecular weight is 803 g/mol. The number of nitrogens with zero attached hydrogens (tertiary/aromatic N) is 4. The second-order valence-corrected chi connectivity index (χ2v) is 14.5. The summed E-state index contributed by atoms with van der Waals surface area (Å²) in [4.78, 5) is 45.0. The van der Waals surface area contributed by atoms with E-state index in [1.165, 1.54) is 34.1 Å². The predicted molar refractivity (Wildman–Crippen MR) is 223 cm³/mol. The maximum absolute atomic E-state index is 11.6. The van der Waals surface area contributed by atoms with Crippen molar-refractivity contribution in [2.24, 2.45) is 15.2 Å². The number of carboxylic acid groups (broad SMARTS) is 1. The number of halogens is 2. The van der Waals surface area contributed by atoms with Crippen LogP contribution in [0.3, 0.4) is 0 Å². The SMILES string of the molecule is C=N/N=C(/C)N1CCN=C(c2ccc(Cl)cc2)c2c1sc(C)c2C.CC(=O)NCCC(=O)NCCOc1ccc(-c2cc3c(C(=O)O)c[nH]c3cc2Cl)cc1. The molecule has 0 bridgehead atoms. The Kier molecular flexibility index (Phi) is 13.8. The van der Waals surface area contributed by atoms with Gasteiger partial charge in [0.15, 0.2) is 0 Å². The fraction of sp³-hybridized carbons (Fsp3) is 0.250. The van der Waals surface area contributed by atoms with E-state index in [-0.39, 0.29) is 23.8 Å². The molecule has 286 valence electrons. The van der Waals surface area contributed by atoms with Crippen LogP contribution in [0, 0.1) is 13.8 Å². The molecule has 0 saturated carbocycles. The van der Waals surface area contributed by atoms with Gasteiger partial charge in [-0.3, -0.25) is 14.6 Å². The molecule has 2 amide bonds. The second-order valence-electron chi connectivity index (χ2n) is 12.5. The molecule has 1 aliphatic rings. The number of thiophene rings is 1. The molecular formula is C40H41Cl2N7O5S. The summed E-state index contributed by atoms with van der Waals surface area (Å²) < 4.78 is 5.63. The largest absolute Gasteiger partial charge is 0.492 e. The van der Waals surface area contributed by atoms with Crippen LogP contribution in [0.2, 0.25) is 10.0 Å². The first-order valence-electron chi connectivity index (χ1n) is 17.3. The van der Waals surface area contributed by atoms with Crippen LogP contribution in [0.15, 0.2) is 82.1 Å². The Morgan fingerprint density at radius 2 is 1.73 bits per heavy atom. The van der Waals surface area contributed by atoms with Crippen molar-refractivity contribution in [2.45, 2.75) is 34.1 Å². The van der Waals surface area contributed by atoms with Crippen molar-refractivity contribution in [2.75, 3.05) is 37.7 Å². The van der Waals surface area contributed by atoms with Crippen molar-refractivity contribution in [3.05, 3.63) is 104 Å². The fourth-order valence-corrected chi connectivity index (χ4v) is 7.53. The molecule has 2 aromatic heterocycles. The van der Waals surface area contributed by atoms with Gasteiger partial charge in [-0.25, -0.2) is 4.79 Å². The molecule has 5 aromatic rings. The number of aromatic carboxylic acids is 1. The fourth-order valence-electron chi connectivity index (χ4n) is 5.90. The molecule has 0 fully saturated rings. The number of benzene rings is 3. The summed E-state index contributed by atoms with van der Waals surface area (Å²) in [6, 6.07) is 18.6. The predicted octanol–water partition coefficient (Wildman–Crippen LogP) is 7.92. The quantitative estimate of drug-likeness (QED) is 0.0460. The molecule has 15 heteroatoms. The first-order chi connectivity index (χ1) is 26.4. The van der Waals surface area contributed by atoms with Gasteiger partial charge in [-0.1, -0.05) is 47.5 Å². The van der Waals surface area contributed by atoms with Gasteiger partial charge in [0.2, 0.25) is 11.8 Å². The van der Waals surface area contributed by atoms with Crippen molar-refractivity contribution in [3.63, 3.8) is 0 Å². The third-order valence-corrected chi connectivity index (χ3v) is 10.5. The molecule has 0 unspecified atom stereocenters. The van der Waals surface area contributed by atoms with Crippen LogP contribution >= 0.6 is 34.5 Å². The molecule has 3 aromatic carbocycles. The molecule has 0 saturated heterocycles. The summed E-state index contributed by atoms with van der Waals surface area (Å²) in [6.45, 7) is 13.5. The number of hydrogen-bond acceptors (Lipinski definition) is 8. The van der Waals surface area contributed by atoms with Gasteiger partial charge in [-0.05, 0) is 68.3 Å². The van der Waals surface area contributed by atoms with Gasteiger partial charge in [0, 0.05) is 76.8 Å². The molecule has 3 heterocycles. The van der Waals surface area contributed by atoms with Crippen molar-refractivity contribution in [3.8, 4) is 16.9 Å². The summed E-state index contributed by atoms with van der Waals surface area (Å²) in [5, 5.41) is 25.4. The highest BCUT2D eigenvalue weighted by Crippen LogP contribution is 2.39. The number of carbonyl (C=O) groups excluding carboxylic acids is 2. The van der Waals surface area contributed by atoms with Gasteiger partial charge in [0.1, 0.15) is 23.2 Å². The van der Waals surface area contributed by atoms with E-state index >= 15 is 0 Å². The number of carboxylic acids is 1. The van der Waals surface area contributed by atoms with Crippen LogP contribution < -0.4 is 20.3 Å². The summed E-state index contributed by atoms with van der Waals surface area (Å²) in [7, 11) is 0. The molecule has 1 aliphatic heterocycles. The topological polar surface area (TPSA) is 161 Å². The van der Waals surface area contributed by atoms with E-state index in [0.717, 1.165) is 34.2 Å². The number of aliphatic imine (C=N–C) groups is 1. The van der Waals surface area contributed by atoms with Gasteiger partial charge in [0.05, 0.1) is 29.4 Å². The molecule has 0 aliphatic carbocycles. The lowest BCUT2D eigenvalue weighted by molar-refractivity contribution is -0.121. The number of ether oxygens (including phenoxy) is 1. The Hall–Kier alpha value is -5.50. The number of hydrogen-bond donors (Lipinski definition) is 4. The summed E-state index contributed by atoms with van der Waals surface area (Å²) in [5.74, 6) is 0.117. The Morgan fingerprint density at radius 1 is 1.02 bits per heavy atom. The number of fused-ring (bicyclic) bond motifs is 2. The molecule has 6 rings (SSSR count). The van der Waals surface area contributed by atoms with Crippen molar-refractivity contribution >= 4 is 86.5 Å². The lowest BCUT2D eigenvalue weighted by atomic mass is 10.00. The van der Waals surface area contributed by atoms with Gasteiger partial charge >= 0.3 is 5.97 Å². The highest BCUT2D eigenvalue weighted by Gasteiger charge is 2.26. The van der Waals surface area contributed by atoms with Crippen LogP contribution in [0.5, 0.6) is 5.75 Å². The molecule has 0 radical (unpaired) electrons. The molecule has 4 N–H and O–H groups in total. The first kappa shape index (κ1) is 40.7. The third kappa shape index (κ3) is 10.2. The smallest absolute Gasteiger partial charge is 0.337 e. The lowest BCUT2D eigenvalue weighted by Gasteiger charge is -2.21. The molecular weight excluding hydrogens is 761 g/mol. The lowest BCUT2D eigenvalue weighted by Crippen LogP contribution is -2.31. The highest BCUT2D eigenvalue weighted by atomic mass is 35.5. The number of amides is 2. The van der Waals surface area contributed by atoms with Gasteiger partial charge in [-0.15, -0.1) is 16.4 Å². The third-order valence-electron chi connectivity index (χ3n) is 8.75. The Balaban J connectivity index is 0.000000218. The van der Waals surface area contributed by atoms with Crippen molar-refractivity contribution in [1.82, 2.24) is 15.6 Å². The molecule has 0 atom stereocenters. The monoisotopic (exact) mass is 801 g/mol. The van der Waals surface area contributed by atoms with Crippen molar-refractivity contribution < 1.29 is 24.2 Å². The zero-order chi connectivity index (χ0) is 39.6. The minimum Gasteiger partial charge on any atom is -0.492 e. The number of aromatic amines is 1. The Morgan fingerprint density at radius 3 is 2.40 bits per heavy atom. The van der Waals surface area contributed by atoms with Crippen LogP contribution in [0.25, 0.3) is 22.0 Å². The Labute approximate surface area is 332 Å². The van der Waals surface area contributed by atoms with E-state index < -0.39 is 5.97 Å². The van der Waals surface area contributed by atoms with E-state index in [1.54, 1.807) is 35.6 Å². The average Bonchev–Trinajstić information content (AvgIpc) is 3.63. The number of anilines is 1. The first-order valence-corrected chi connectivity index (χ1v) is 18.9. The zero-order valence-corrected chi connectivity index (χ0v) is 33.2. The van der Waals surface area contributed by atoms with E-state index in [0.29, 0.717) is 53.5 Å². The molecule has 0 spiro atoms. The summed E-state index contributed by atoms with van der Waals surface area (Å²) >= 11 is 14.2. The number of aryl methyl sites for hydroxylation is 1. The number of amidine groups is 1. The van der Waals surface area contributed by atoms with E-state index in [1.807, 2.05) is 43.3 Å². The van der Waals surface area contributed by atoms with Crippen LogP contribution in [-0.2, 0) is 9.59 Å². The summed E-state index contributed by atoms with van der Waals surface area (Å²) in [6.07, 6.45) is 1.66. The normalized spacial score (nSPS) is 12.5. The second kappa shape index (κ2) is 18.7. The van der Waals surface area contributed by atoms with E-state index in [4.69, 9.17) is 32.9 Å². The zero-order valence-electron chi connectivity index (χ0n) is 30.8. The number of aromatic nitrogens is 1. The Bertz CT molecular complexity index is 2260. The van der Waals surface area contributed by atoms with E-state index in [2.05, 4.69) is 51.3 Å². The number of nitrogens with one attached hydrogen (secondary N) is 3. The number of carbonyl (C=O) groups is 3. The standard InChI is InChI=1S/C22H22ClN3O5.C18H19ClN4S/c1-13(27)24-7-6-21(28)25-8-9-31-15-4-2-14(3-5-15)16-10-17-18(22(29)30)12-26-20(17)11-19(16)23;1-11-12(2)24-18-16(11)17(14-5-7-15(19)8-6-14)21-9-10-23(18)13(3)22-20-4/h2-5,10-12,26H,6-9H2,1H3,(H,24,27)(H,25,28)(H,29,30);5-8H,4,9-10H2,1-3H3/b;22-13-. The van der Waals surface area contributed by atoms with Gasteiger partial charge in [-0.2, -0.15) is 5.10 Å². The van der Waals surface area contributed by atoms with Crippen LogP contribution in [0.4, 0.5) is 5.00 Å². The maximum Gasteiger partial charge on any atom is 0.337 e. The maximum atomic E-state index is 11.6. The molecule has 55 heavy (non-hydrogen) atoms. The van der Waals surface area contributed by atoms with Crippen LogP contribution in [0.1, 0.15) is 52.2 Å².